The molecule has 1 saturated heterocycles. The first-order valence-electron chi connectivity index (χ1n) is 11.8. The minimum Gasteiger partial charge on any atom is -0.352 e. The van der Waals surface area contributed by atoms with E-state index in [1.165, 1.54) is 17.0 Å². The number of sulfonamides is 1. The minimum atomic E-state index is -3.97. The van der Waals surface area contributed by atoms with Crippen LogP contribution in [0, 0.1) is 0 Å². The van der Waals surface area contributed by atoms with Crippen molar-refractivity contribution in [2.75, 3.05) is 19.6 Å². The molecule has 0 radical (unpaired) electrons. The van der Waals surface area contributed by atoms with E-state index in [9.17, 15) is 22.8 Å². The van der Waals surface area contributed by atoms with Crippen molar-refractivity contribution in [2.45, 2.75) is 56.6 Å². The Balaban J connectivity index is 1.67. The van der Waals surface area contributed by atoms with Gasteiger partial charge in [0.15, 0.2) is 0 Å². The molecule has 2 aromatic rings. The van der Waals surface area contributed by atoms with Crippen LogP contribution in [0.25, 0.3) is 10.8 Å². The molecule has 4 N–H and O–H groups in total. The lowest BCUT2D eigenvalue weighted by Crippen LogP contribution is -2.52. The number of nitrogens with one attached hydrogen (secondary N) is 2. The second kappa shape index (κ2) is 11.4. The lowest BCUT2D eigenvalue weighted by molar-refractivity contribution is -0.144. The molecule has 2 aromatic carbocycles. The van der Waals surface area contributed by atoms with E-state index in [1.807, 2.05) is 13.8 Å². The number of benzene rings is 2. The zero-order chi connectivity index (χ0) is 26.6. The Kier molecular flexibility index (Phi) is 8.80. The molecule has 196 valence electrons. The number of halogens is 1. The van der Waals surface area contributed by atoms with E-state index < -0.39 is 34.0 Å². The standard InChI is InChI=1S/C24H32ClN5O5S/c1-15(2)29(11-4-10-27-24(26)33)22(31)16(3)30-12-9-21(23(30)32)28-36(34,35)20-8-6-17-13-19(25)7-5-18(17)14-20/h5-8,13-16,21,28H,4,9-12H2,1-3H3,(H3,26,27,33)/t16-,21-/m0/s1. The van der Waals surface area contributed by atoms with E-state index in [0.717, 1.165) is 5.39 Å². The fraction of sp³-hybridized carbons (Fsp3) is 0.458. The van der Waals surface area contributed by atoms with Crippen LogP contribution < -0.4 is 15.8 Å². The highest BCUT2D eigenvalue weighted by Gasteiger charge is 2.40. The lowest BCUT2D eigenvalue weighted by atomic mass is 10.1. The molecule has 0 saturated carbocycles. The van der Waals surface area contributed by atoms with Gasteiger partial charge in [0.2, 0.25) is 21.8 Å². The highest BCUT2D eigenvalue weighted by molar-refractivity contribution is 7.89. The number of likely N-dealkylation sites (tertiary alicyclic amines) is 1. The topological polar surface area (TPSA) is 142 Å². The van der Waals surface area contributed by atoms with Crippen LogP contribution in [-0.4, -0.2) is 73.8 Å². The number of hydrogen-bond donors (Lipinski definition) is 3. The summed E-state index contributed by atoms with van der Waals surface area (Å²) in [4.78, 5) is 40.2. The summed E-state index contributed by atoms with van der Waals surface area (Å²) in [5.74, 6) is -0.680. The Bertz CT molecular complexity index is 1250. The Morgan fingerprint density at radius 3 is 2.50 bits per heavy atom. The molecule has 0 bridgehead atoms. The molecule has 0 aliphatic carbocycles. The summed E-state index contributed by atoms with van der Waals surface area (Å²) in [6, 6.07) is 7.35. The smallest absolute Gasteiger partial charge is 0.312 e. The van der Waals surface area contributed by atoms with E-state index in [4.69, 9.17) is 17.3 Å². The van der Waals surface area contributed by atoms with Crippen molar-refractivity contribution in [3.8, 4) is 0 Å². The van der Waals surface area contributed by atoms with Crippen molar-refractivity contribution in [3.63, 3.8) is 0 Å². The van der Waals surface area contributed by atoms with E-state index in [0.29, 0.717) is 29.9 Å². The Hall–Kier alpha value is -2.89. The molecule has 36 heavy (non-hydrogen) atoms. The van der Waals surface area contributed by atoms with Crippen LogP contribution in [0.2, 0.25) is 5.02 Å². The largest absolute Gasteiger partial charge is 0.352 e. The van der Waals surface area contributed by atoms with E-state index in [2.05, 4.69) is 10.0 Å². The fourth-order valence-corrected chi connectivity index (χ4v) is 5.71. The molecule has 0 aromatic heterocycles. The zero-order valence-corrected chi connectivity index (χ0v) is 22.1. The summed E-state index contributed by atoms with van der Waals surface area (Å²) in [5.41, 5.74) is 5.07. The van der Waals surface area contributed by atoms with Crippen molar-refractivity contribution >= 4 is 50.2 Å². The van der Waals surface area contributed by atoms with Gasteiger partial charge in [-0.05, 0) is 68.7 Å². The van der Waals surface area contributed by atoms with Gasteiger partial charge < -0.3 is 20.9 Å². The van der Waals surface area contributed by atoms with Crippen LogP contribution in [0.1, 0.15) is 33.6 Å². The van der Waals surface area contributed by atoms with Gasteiger partial charge in [-0.1, -0.05) is 23.7 Å². The van der Waals surface area contributed by atoms with Crippen LogP contribution in [-0.2, 0) is 19.6 Å². The first-order valence-corrected chi connectivity index (χ1v) is 13.6. The van der Waals surface area contributed by atoms with Crippen molar-refractivity contribution in [1.29, 1.82) is 0 Å². The molecule has 1 fully saturated rings. The highest BCUT2D eigenvalue weighted by atomic mass is 35.5. The van der Waals surface area contributed by atoms with Crippen molar-refractivity contribution in [3.05, 3.63) is 41.4 Å². The molecule has 3 rings (SSSR count). The summed E-state index contributed by atoms with van der Waals surface area (Å²) in [6.07, 6.45) is 0.761. The maximum Gasteiger partial charge on any atom is 0.312 e. The first kappa shape index (κ1) is 27.7. The number of fused-ring (bicyclic) bond motifs is 1. The van der Waals surface area contributed by atoms with Gasteiger partial charge in [0.25, 0.3) is 0 Å². The van der Waals surface area contributed by atoms with Gasteiger partial charge in [-0.25, -0.2) is 13.2 Å². The molecule has 1 heterocycles. The Labute approximate surface area is 216 Å². The Morgan fingerprint density at radius 2 is 1.83 bits per heavy atom. The van der Waals surface area contributed by atoms with Gasteiger partial charge in [-0.15, -0.1) is 0 Å². The summed E-state index contributed by atoms with van der Waals surface area (Å²) >= 11 is 6.00. The predicted molar refractivity (Wildman–Crippen MR) is 138 cm³/mol. The molecule has 0 spiro atoms. The molecule has 10 nitrogen and oxygen atoms in total. The molecule has 4 amide bonds. The summed E-state index contributed by atoms with van der Waals surface area (Å²) in [7, 11) is -3.97. The summed E-state index contributed by atoms with van der Waals surface area (Å²) in [5, 5.41) is 4.55. The van der Waals surface area contributed by atoms with Gasteiger partial charge in [0.1, 0.15) is 12.1 Å². The number of amides is 4. The van der Waals surface area contributed by atoms with E-state index >= 15 is 0 Å². The van der Waals surface area contributed by atoms with Crippen LogP contribution in [0.5, 0.6) is 0 Å². The van der Waals surface area contributed by atoms with Crippen LogP contribution in [0.15, 0.2) is 41.3 Å². The second-order valence-electron chi connectivity index (χ2n) is 9.09. The Morgan fingerprint density at radius 1 is 1.17 bits per heavy atom. The lowest BCUT2D eigenvalue weighted by Gasteiger charge is -2.33. The van der Waals surface area contributed by atoms with E-state index in [1.54, 1.807) is 36.1 Å². The van der Waals surface area contributed by atoms with Gasteiger partial charge in [-0.2, -0.15) is 4.72 Å². The number of carbonyl (C=O) groups excluding carboxylic acids is 3. The average molecular weight is 538 g/mol. The highest BCUT2D eigenvalue weighted by Crippen LogP contribution is 2.24. The third-order valence-corrected chi connectivity index (χ3v) is 7.93. The fourth-order valence-electron chi connectivity index (χ4n) is 4.27. The van der Waals surface area contributed by atoms with E-state index in [-0.39, 0.29) is 29.8 Å². The quantitative estimate of drug-likeness (QED) is 0.398. The number of rotatable bonds is 10. The molecule has 2 atom stereocenters. The number of urea groups is 1. The molecule has 12 heteroatoms. The number of nitrogens with zero attached hydrogens (tertiary/aromatic N) is 2. The number of hydrogen-bond acceptors (Lipinski definition) is 5. The maximum absolute atomic E-state index is 13.2. The average Bonchev–Trinajstić information content (AvgIpc) is 3.16. The van der Waals surface area contributed by atoms with Crippen molar-refractivity contribution in [2.24, 2.45) is 5.73 Å². The van der Waals surface area contributed by atoms with Crippen molar-refractivity contribution < 1.29 is 22.8 Å². The third kappa shape index (κ3) is 6.45. The molecular weight excluding hydrogens is 506 g/mol. The van der Waals surface area contributed by atoms with Gasteiger partial charge in [0.05, 0.1) is 4.90 Å². The normalized spacial score (nSPS) is 17.0. The number of nitrogens with two attached hydrogens (primary N) is 1. The van der Waals surface area contributed by atoms with Crippen LogP contribution in [0.3, 0.4) is 0 Å². The van der Waals surface area contributed by atoms with Crippen molar-refractivity contribution in [1.82, 2.24) is 19.8 Å². The van der Waals surface area contributed by atoms with Crippen LogP contribution >= 0.6 is 11.6 Å². The van der Waals surface area contributed by atoms with Crippen LogP contribution in [0.4, 0.5) is 4.79 Å². The third-order valence-electron chi connectivity index (χ3n) is 6.23. The van der Waals surface area contributed by atoms with Gasteiger partial charge in [0, 0.05) is 30.7 Å². The number of carbonyl (C=O) groups is 3. The molecule has 1 aliphatic rings. The molecule has 0 unspecified atom stereocenters. The SMILES string of the molecule is CC(C)N(CCCNC(N)=O)C(=O)[C@H](C)N1CC[C@H](NS(=O)(=O)c2ccc3cc(Cl)ccc3c2)C1=O. The zero-order valence-electron chi connectivity index (χ0n) is 20.5. The molecule has 1 aliphatic heterocycles. The molecular formula is C24H32ClN5O5S. The van der Waals surface area contributed by atoms with Gasteiger partial charge in [-0.3, -0.25) is 9.59 Å². The summed E-state index contributed by atoms with van der Waals surface area (Å²) in [6.45, 7) is 6.34. The number of primary amides is 1. The summed E-state index contributed by atoms with van der Waals surface area (Å²) < 4.78 is 28.6. The second-order valence-corrected chi connectivity index (χ2v) is 11.2. The predicted octanol–water partition coefficient (Wildman–Crippen LogP) is 2.06. The first-order chi connectivity index (χ1) is 16.9. The monoisotopic (exact) mass is 537 g/mol. The minimum absolute atomic E-state index is 0.0447. The van der Waals surface area contributed by atoms with Gasteiger partial charge >= 0.3 is 6.03 Å². The maximum atomic E-state index is 13.2.